The molecule has 0 radical (unpaired) electrons. The molecule has 3 N–H and O–H groups in total. The fourth-order valence-electron chi connectivity index (χ4n) is 1.91. The molecular formula is C16H11Cl5FN3OS. The molecule has 0 saturated carbocycles. The Hall–Kier alpha value is -1.02. The SMILES string of the molecule is O=C(N[C@H](NC(=S)Nc1ccc(F)cc1)C(Cl)(Cl)Cl)c1ccc(Cl)cc1Cl. The van der Waals surface area contributed by atoms with Crippen molar-refractivity contribution in [2.75, 3.05) is 5.32 Å². The molecule has 1 atom stereocenters. The predicted molar refractivity (Wildman–Crippen MR) is 114 cm³/mol. The molecule has 144 valence electrons. The van der Waals surface area contributed by atoms with Crippen LogP contribution in [0.5, 0.6) is 0 Å². The minimum atomic E-state index is -1.94. The van der Waals surface area contributed by atoms with Crippen LogP contribution in [0, 0.1) is 5.82 Å². The van der Waals surface area contributed by atoms with E-state index >= 15 is 0 Å². The number of carbonyl (C=O) groups is 1. The minimum Gasteiger partial charge on any atom is -0.339 e. The van der Waals surface area contributed by atoms with Crippen molar-refractivity contribution in [2.45, 2.75) is 9.96 Å². The number of nitrogens with one attached hydrogen (secondary N) is 3. The van der Waals surface area contributed by atoms with Crippen LogP contribution >= 0.6 is 70.2 Å². The Morgan fingerprint density at radius 3 is 2.22 bits per heavy atom. The van der Waals surface area contributed by atoms with Gasteiger partial charge in [-0.15, -0.1) is 0 Å². The van der Waals surface area contributed by atoms with Crippen LogP contribution in [0.3, 0.4) is 0 Å². The highest BCUT2D eigenvalue weighted by atomic mass is 35.6. The normalized spacial score (nSPS) is 12.2. The molecule has 0 unspecified atom stereocenters. The average molecular weight is 490 g/mol. The highest BCUT2D eigenvalue weighted by Crippen LogP contribution is 2.30. The van der Waals surface area contributed by atoms with Crippen molar-refractivity contribution in [3.05, 3.63) is 63.9 Å². The lowest BCUT2D eigenvalue weighted by atomic mass is 10.2. The van der Waals surface area contributed by atoms with Gasteiger partial charge in [0.25, 0.3) is 5.91 Å². The van der Waals surface area contributed by atoms with Crippen LogP contribution in [-0.2, 0) is 0 Å². The highest BCUT2D eigenvalue weighted by molar-refractivity contribution is 7.80. The van der Waals surface area contributed by atoms with Gasteiger partial charge in [0.1, 0.15) is 12.0 Å². The van der Waals surface area contributed by atoms with Crippen molar-refractivity contribution in [2.24, 2.45) is 0 Å². The number of halogens is 6. The number of rotatable bonds is 4. The fraction of sp³-hybridized carbons (Fsp3) is 0.125. The van der Waals surface area contributed by atoms with E-state index in [0.717, 1.165) is 0 Å². The van der Waals surface area contributed by atoms with Crippen LogP contribution in [0.25, 0.3) is 0 Å². The maximum absolute atomic E-state index is 13.0. The van der Waals surface area contributed by atoms with Gasteiger partial charge < -0.3 is 16.0 Å². The lowest BCUT2D eigenvalue weighted by molar-refractivity contribution is 0.0934. The van der Waals surface area contributed by atoms with Crippen LogP contribution < -0.4 is 16.0 Å². The third kappa shape index (κ3) is 6.82. The number of anilines is 1. The molecule has 2 aromatic carbocycles. The number of alkyl halides is 3. The van der Waals surface area contributed by atoms with Crippen LogP contribution in [0.15, 0.2) is 42.5 Å². The van der Waals surface area contributed by atoms with Crippen molar-refractivity contribution in [3.8, 4) is 0 Å². The quantitative estimate of drug-likeness (QED) is 0.300. The number of hydrogen-bond donors (Lipinski definition) is 3. The summed E-state index contributed by atoms with van der Waals surface area (Å²) in [7, 11) is 0. The van der Waals surface area contributed by atoms with Crippen molar-refractivity contribution in [1.29, 1.82) is 0 Å². The Morgan fingerprint density at radius 2 is 1.67 bits per heavy atom. The van der Waals surface area contributed by atoms with E-state index < -0.39 is 21.7 Å². The molecule has 2 aromatic rings. The minimum absolute atomic E-state index is 0.0421. The van der Waals surface area contributed by atoms with E-state index in [1.807, 2.05) is 0 Å². The summed E-state index contributed by atoms with van der Waals surface area (Å²) in [4.78, 5) is 12.5. The van der Waals surface area contributed by atoms with E-state index in [-0.39, 0.29) is 15.7 Å². The molecule has 0 heterocycles. The Morgan fingerprint density at radius 1 is 1.04 bits per heavy atom. The monoisotopic (exact) mass is 487 g/mol. The van der Waals surface area contributed by atoms with Crippen LogP contribution in [0.4, 0.5) is 10.1 Å². The maximum atomic E-state index is 13.0. The second-order valence-corrected chi connectivity index (χ2v) is 8.80. The summed E-state index contributed by atoms with van der Waals surface area (Å²) in [6.07, 6.45) is -1.19. The van der Waals surface area contributed by atoms with Crippen LogP contribution in [0.1, 0.15) is 10.4 Å². The van der Waals surface area contributed by atoms with E-state index in [2.05, 4.69) is 16.0 Å². The molecular weight excluding hydrogens is 479 g/mol. The van der Waals surface area contributed by atoms with Gasteiger partial charge in [-0.3, -0.25) is 4.79 Å². The molecule has 0 aliphatic rings. The van der Waals surface area contributed by atoms with E-state index in [1.165, 1.54) is 42.5 Å². The second-order valence-electron chi connectivity index (χ2n) is 5.18. The predicted octanol–water partition coefficient (Wildman–Crippen LogP) is 5.55. The molecule has 11 heteroatoms. The largest absolute Gasteiger partial charge is 0.339 e. The zero-order valence-corrected chi connectivity index (χ0v) is 17.8. The van der Waals surface area contributed by atoms with Crippen LogP contribution in [0.2, 0.25) is 10.0 Å². The smallest absolute Gasteiger partial charge is 0.254 e. The van der Waals surface area contributed by atoms with Gasteiger partial charge in [0.05, 0.1) is 10.6 Å². The number of thiocarbonyl (C=S) groups is 1. The van der Waals surface area contributed by atoms with Crippen molar-refractivity contribution < 1.29 is 9.18 Å². The van der Waals surface area contributed by atoms with E-state index in [1.54, 1.807) is 0 Å². The van der Waals surface area contributed by atoms with Gasteiger partial charge in [0, 0.05) is 10.7 Å². The molecule has 27 heavy (non-hydrogen) atoms. The first-order valence-corrected chi connectivity index (χ1v) is 9.52. The molecule has 0 spiro atoms. The van der Waals surface area contributed by atoms with Crippen molar-refractivity contribution in [3.63, 3.8) is 0 Å². The Kier molecular flexibility index (Phi) is 7.80. The van der Waals surface area contributed by atoms with Gasteiger partial charge in [-0.25, -0.2) is 4.39 Å². The van der Waals surface area contributed by atoms with Gasteiger partial charge in [0.2, 0.25) is 3.79 Å². The van der Waals surface area contributed by atoms with Gasteiger partial charge >= 0.3 is 0 Å². The fourth-order valence-corrected chi connectivity index (χ4v) is 2.97. The molecule has 0 aliphatic carbocycles. The van der Waals surface area contributed by atoms with E-state index in [9.17, 15) is 9.18 Å². The first-order valence-electron chi connectivity index (χ1n) is 7.22. The molecule has 0 saturated heterocycles. The highest BCUT2D eigenvalue weighted by Gasteiger charge is 2.35. The first-order chi connectivity index (χ1) is 12.6. The van der Waals surface area contributed by atoms with Gasteiger partial charge in [-0.1, -0.05) is 58.0 Å². The summed E-state index contributed by atoms with van der Waals surface area (Å²) in [6.45, 7) is 0. The molecule has 0 aliphatic heterocycles. The Bertz CT molecular complexity index is 845. The van der Waals surface area contributed by atoms with Crippen molar-refractivity contribution >= 4 is 86.9 Å². The van der Waals surface area contributed by atoms with E-state index in [0.29, 0.717) is 10.7 Å². The number of amides is 1. The molecule has 2 rings (SSSR count). The Labute approximate surface area is 185 Å². The average Bonchev–Trinajstić information content (AvgIpc) is 2.55. The summed E-state index contributed by atoms with van der Waals surface area (Å²) >= 11 is 34.7. The molecule has 0 bridgehead atoms. The van der Waals surface area contributed by atoms with Crippen molar-refractivity contribution in [1.82, 2.24) is 10.6 Å². The summed E-state index contributed by atoms with van der Waals surface area (Å²) in [5.74, 6) is -1.00. The molecule has 0 fully saturated rings. The molecule has 0 aromatic heterocycles. The third-order valence-corrected chi connectivity index (χ3v) is 4.58. The topological polar surface area (TPSA) is 53.2 Å². The van der Waals surface area contributed by atoms with E-state index in [4.69, 9.17) is 70.2 Å². The van der Waals surface area contributed by atoms with Gasteiger partial charge in [0.15, 0.2) is 5.11 Å². The third-order valence-electron chi connectivity index (χ3n) is 3.16. The Balaban J connectivity index is 2.09. The zero-order chi connectivity index (χ0) is 20.2. The standard InChI is InChI=1S/C16H11Cl5FN3OS/c17-8-1-6-11(12(18)7-8)13(26)24-14(16(19,20)21)25-15(27)23-10-4-2-9(22)3-5-10/h1-7,14H,(H,24,26)(H2,23,25,27)/t14-/m1/s1. The molecule has 4 nitrogen and oxygen atoms in total. The summed E-state index contributed by atoms with van der Waals surface area (Å²) in [5, 5.41) is 8.52. The summed E-state index contributed by atoms with van der Waals surface area (Å²) < 4.78 is 11.0. The number of hydrogen-bond acceptors (Lipinski definition) is 2. The number of benzene rings is 2. The second kappa shape index (κ2) is 9.45. The van der Waals surface area contributed by atoms with Gasteiger partial charge in [-0.2, -0.15) is 0 Å². The number of carbonyl (C=O) groups excluding carboxylic acids is 1. The van der Waals surface area contributed by atoms with Crippen LogP contribution in [-0.4, -0.2) is 21.0 Å². The molecule has 1 amide bonds. The van der Waals surface area contributed by atoms with Gasteiger partial charge in [-0.05, 0) is 54.7 Å². The maximum Gasteiger partial charge on any atom is 0.254 e. The summed E-state index contributed by atoms with van der Waals surface area (Å²) in [5.41, 5.74) is 0.642. The first kappa shape index (κ1) is 22.3. The summed E-state index contributed by atoms with van der Waals surface area (Å²) in [6, 6.07) is 9.80. The lowest BCUT2D eigenvalue weighted by Crippen LogP contribution is -2.56. The zero-order valence-electron chi connectivity index (χ0n) is 13.2. The lowest BCUT2D eigenvalue weighted by Gasteiger charge is -2.28.